The molecule has 0 saturated carbocycles. The first kappa shape index (κ1) is 29.2. The van der Waals surface area contributed by atoms with E-state index in [1.54, 1.807) is 0 Å². The summed E-state index contributed by atoms with van der Waals surface area (Å²) in [6.45, 7) is 0. The SMILES string of the molecule is C1=CC(n2c3ccccc3c3ccccc32)=CC2Oc3cccc(-c4c(-c5ccccc5)nc(-c5ccccc5)nc4-c4ccccc4)c3C2=C1. The van der Waals surface area contributed by atoms with Crippen molar-refractivity contribution in [3.8, 4) is 50.8 Å². The van der Waals surface area contributed by atoms with Crippen molar-refractivity contribution in [3.05, 3.63) is 188 Å². The summed E-state index contributed by atoms with van der Waals surface area (Å²) in [4.78, 5) is 10.7. The lowest BCUT2D eigenvalue weighted by atomic mass is 9.88. The Labute approximate surface area is 296 Å². The van der Waals surface area contributed by atoms with Crippen molar-refractivity contribution in [1.82, 2.24) is 14.5 Å². The first-order valence-electron chi connectivity index (χ1n) is 17.3. The molecule has 4 heteroatoms. The molecule has 0 fully saturated rings. The van der Waals surface area contributed by atoms with Gasteiger partial charge in [-0.25, -0.2) is 9.97 Å². The van der Waals surface area contributed by atoms with Crippen LogP contribution >= 0.6 is 0 Å². The van der Waals surface area contributed by atoms with Crippen LogP contribution in [-0.2, 0) is 0 Å². The highest BCUT2D eigenvalue weighted by molar-refractivity contribution is 6.10. The second-order valence-corrected chi connectivity index (χ2v) is 12.9. The Kier molecular flexibility index (Phi) is 6.85. The summed E-state index contributed by atoms with van der Waals surface area (Å²) in [7, 11) is 0. The standard InChI is InChI=1S/C47H31N3O/c1-4-16-31(17-5-1)45-44(46(32-18-6-2-7-19-32)49-47(48-45)33-20-8-3-9-21-33)38-26-15-29-41-43(38)37-25-14-22-34(30-42(37)51-41)50-39-27-12-10-23-35(39)36-24-11-13-28-40(36)50/h1-30,42H. The first-order chi connectivity index (χ1) is 25.3. The molecule has 1 aliphatic heterocycles. The van der Waals surface area contributed by atoms with Gasteiger partial charge in [-0.3, -0.25) is 0 Å². The maximum Gasteiger partial charge on any atom is 0.160 e. The smallest absolute Gasteiger partial charge is 0.160 e. The fourth-order valence-corrected chi connectivity index (χ4v) is 7.63. The van der Waals surface area contributed by atoms with Crippen molar-refractivity contribution < 1.29 is 4.74 Å². The van der Waals surface area contributed by atoms with Gasteiger partial charge in [-0.2, -0.15) is 0 Å². The van der Waals surface area contributed by atoms with Gasteiger partial charge in [0, 0.05) is 49.9 Å². The van der Waals surface area contributed by atoms with Gasteiger partial charge in [0.15, 0.2) is 5.82 Å². The summed E-state index contributed by atoms with van der Waals surface area (Å²) in [5.41, 5.74) is 12.4. The monoisotopic (exact) mass is 653 g/mol. The Bertz CT molecular complexity index is 2590. The van der Waals surface area contributed by atoms with Crippen molar-refractivity contribution >= 4 is 33.1 Å². The van der Waals surface area contributed by atoms with Gasteiger partial charge in [-0.05, 0) is 35.9 Å². The fourth-order valence-electron chi connectivity index (χ4n) is 7.63. The zero-order valence-electron chi connectivity index (χ0n) is 27.6. The number of aromatic nitrogens is 3. The lowest BCUT2D eigenvalue weighted by molar-refractivity contribution is 0.323. The molecular formula is C47H31N3O. The van der Waals surface area contributed by atoms with Crippen LogP contribution < -0.4 is 4.74 Å². The summed E-state index contributed by atoms with van der Waals surface area (Å²) in [6.07, 6.45) is 8.53. The van der Waals surface area contributed by atoms with Crippen molar-refractivity contribution in [2.45, 2.75) is 6.10 Å². The molecule has 1 unspecified atom stereocenters. The first-order valence-corrected chi connectivity index (χ1v) is 17.3. The van der Waals surface area contributed by atoms with Crippen molar-refractivity contribution in [2.24, 2.45) is 0 Å². The van der Waals surface area contributed by atoms with Crippen molar-refractivity contribution in [3.63, 3.8) is 0 Å². The third-order valence-corrected chi connectivity index (χ3v) is 9.88. The van der Waals surface area contributed by atoms with Crippen LogP contribution in [0, 0.1) is 0 Å². The van der Waals surface area contributed by atoms with E-state index in [2.05, 4.69) is 156 Å². The third-order valence-electron chi connectivity index (χ3n) is 9.88. The Morgan fingerprint density at radius 1 is 0.510 bits per heavy atom. The largest absolute Gasteiger partial charge is 0.481 e. The minimum atomic E-state index is -0.282. The molecule has 0 bridgehead atoms. The average Bonchev–Trinajstić information content (AvgIpc) is 3.65. The average molecular weight is 654 g/mol. The molecule has 10 rings (SSSR count). The summed E-state index contributed by atoms with van der Waals surface area (Å²) >= 11 is 0. The Morgan fingerprint density at radius 2 is 1.06 bits per heavy atom. The van der Waals surface area contributed by atoms with E-state index in [1.165, 1.54) is 21.8 Å². The Hall–Kier alpha value is -6.78. The number of hydrogen-bond donors (Lipinski definition) is 0. The summed E-state index contributed by atoms with van der Waals surface area (Å²) in [5, 5.41) is 2.47. The molecule has 4 nitrogen and oxygen atoms in total. The van der Waals surface area contributed by atoms with Crippen LogP contribution in [-0.4, -0.2) is 20.6 Å². The van der Waals surface area contributed by atoms with Gasteiger partial charge >= 0.3 is 0 Å². The highest BCUT2D eigenvalue weighted by atomic mass is 16.5. The molecule has 0 radical (unpaired) electrons. The molecule has 8 aromatic rings. The molecular weight excluding hydrogens is 623 g/mol. The normalized spacial score (nSPS) is 14.8. The quantitative estimate of drug-likeness (QED) is 0.186. The maximum absolute atomic E-state index is 6.85. The third kappa shape index (κ3) is 4.84. The highest BCUT2D eigenvalue weighted by Crippen LogP contribution is 2.49. The summed E-state index contributed by atoms with van der Waals surface area (Å²) < 4.78 is 9.20. The highest BCUT2D eigenvalue weighted by Gasteiger charge is 2.33. The number of hydrogen-bond acceptors (Lipinski definition) is 3. The molecule has 2 aromatic heterocycles. The maximum atomic E-state index is 6.85. The van der Waals surface area contributed by atoms with Crippen molar-refractivity contribution in [1.29, 1.82) is 0 Å². The van der Waals surface area contributed by atoms with E-state index in [4.69, 9.17) is 14.7 Å². The van der Waals surface area contributed by atoms with Crippen molar-refractivity contribution in [2.75, 3.05) is 0 Å². The minimum Gasteiger partial charge on any atom is -0.481 e. The minimum absolute atomic E-state index is 0.282. The molecule has 6 aromatic carbocycles. The second kappa shape index (κ2) is 12.0. The molecule has 0 spiro atoms. The lowest BCUT2D eigenvalue weighted by Crippen LogP contribution is -2.10. The van der Waals surface area contributed by atoms with Gasteiger partial charge in [-0.15, -0.1) is 0 Å². The van der Waals surface area contributed by atoms with Crippen LogP contribution in [0.1, 0.15) is 5.56 Å². The molecule has 1 aliphatic carbocycles. The fraction of sp³-hybridized carbons (Fsp3) is 0.0213. The van der Waals surface area contributed by atoms with E-state index in [-0.39, 0.29) is 6.10 Å². The number of fused-ring (bicyclic) bond motifs is 6. The van der Waals surface area contributed by atoms with E-state index in [9.17, 15) is 0 Å². The van der Waals surface area contributed by atoms with Gasteiger partial charge in [-0.1, -0.05) is 152 Å². The predicted molar refractivity (Wildman–Crippen MR) is 209 cm³/mol. The number of allylic oxidation sites excluding steroid dienone is 4. The molecule has 1 atom stereocenters. The summed E-state index contributed by atoms with van der Waals surface area (Å²) in [5.74, 6) is 1.54. The number of ether oxygens (including phenoxy) is 1. The van der Waals surface area contributed by atoms with Gasteiger partial charge < -0.3 is 9.30 Å². The number of benzene rings is 6. The van der Waals surface area contributed by atoms with E-state index < -0.39 is 0 Å². The predicted octanol–water partition coefficient (Wildman–Crippen LogP) is 11.5. The van der Waals surface area contributed by atoms with Crippen LogP contribution in [0.5, 0.6) is 5.75 Å². The van der Waals surface area contributed by atoms with E-state index in [0.29, 0.717) is 5.82 Å². The zero-order valence-corrected chi connectivity index (χ0v) is 27.6. The summed E-state index contributed by atoms with van der Waals surface area (Å²) in [6, 6.07) is 54.7. The Balaban J connectivity index is 1.19. The molecule has 0 N–H and O–H groups in total. The van der Waals surface area contributed by atoms with E-state index in [0.717, 1.165) is 61.8 Å². The number of nitrogens with zero attached hydrogens (tertiary/aromatic N) is 3. The molecule has 51 heavy (non-hydrogen) atoms. The van der Waals surface area contributed by atoms with Gasteiger partial charge in [0.05, 0.1) is 22.4 Å². The van der Waals surface area contributed by atoms with Gasteiger partial charge in [0.1, 0.15) is 11.9 Å². The van der Waals surface area contributed by atoms with Crippen LogP contribution in [0.2, 0.25) is 0 Å². The van der Waals surface area contributed by atoms with E-state index >= 15 is 0 Å². The second-order valence-electron chi connectivity index (χ2n) is 12.9. The zero-order chi connectivity index (χ0) is 33.7. The van der Waals surface area contributed by atoms with Crippen LogP contribution in [0.25, 0.3) is 78.1 Å². The van der Waals surface area contributed by atoms with Gasteiger partial charge in [0.25, 0.3) is 0 Å². The van der Waals surface area contributed by atoms with Gasteiger partial charge in [0.2, 0.25) is 0 Å². The van der Waals surface area contributed by atoms with Crippen LogP contribution in [0.3, 0.4) is 0 Å². The van der Waals surface area contributed by atoms with E-state index in [1.807, 2.05) is 30.3 Å². The molecule has 3 heterocycles. The molecule has 0 saturated heterocycles. The number of rotatable bonds is 5. The topological polar surface area (TPSA) is 39.9 Å². The molecule has 2 aliphatic rings. The number of para-hydroxylation sites is 2. The molecule has 240 valence electrons. The molecule has 0 amide bonds. The van der Waals surface area contributed by atoms with Crippen LogP contribution in [0.4, 0.5) is 0 Å². The lowest BCUT2D eigenvalue weighted by Gasteiger charge is -2.19. The Morgan fingerprint density at radius 3 is 1.67 bits per heavy atom. The van der Waals surface area contributed by atoms with Crippen LogP contribution in [0.15, 0.2) is 182 Å².